The van der Waals surface area contributed by atoms with Gasteiger partial charge in [-0.25, -0.2) is 0 Å². The molecule has 8 heteroatoms. The Morgan fingerprint density at radius 3 is 2.81 bits per heavy atom. The van der Waals surface area contributed by atoms with Gasteiger partial charge < -0.3 is 10.2 Å². The first kappa shape index (κ1) is 21.0. The van der Waals surface area contributed by atoms with Gasteiger partial charge in [0, 0.05) is 29.8 Å². The monoisotopic (exact) mass is 416 g/mol. The van der Waals surface area contributed by atoms with Crippen molar-refractivity contribution in [2.45, 2.75) is 31.8 Å². The topological polar surface area (TPSA) is 50.2 Å². The number of amides is 1. The molecule has 0 aliphatic carbocycles. The number of rotatable bonds is 4. The van der Waals surface area contributed by atoms with Crippen LogP contribution in [0, 0.1) is 0 Å². The average Bonchev–Trinajstić information content (AvgIpc) is 3.11. The molecule has 2 atom stereocenters. The maximum Gasteiger partial charge on any atom is 0.274 e. The molecule has 2 unspecified atom stereocenters. The molecule has 3 rings (SSSR count). The van der Waals surface area contributed by atoms with Crippen molar-refractivity contribution in [1.29, 1.82) is 0 Å². The summed E-state index contributed by atoms with van der Waals surface area (Å²) >= 11 is 12.2. The Hall–Kier alpha value is -1.27. The van der Waals surface area contributed by atoms with Gasteiger partial charge in [0.1, 0.15) is 5.69 Å². The number of aromatic nitrogens is 2. The van der Waals surface area contributed by atoms with Crippen molar-refractivity contribution < 1.29 is 4.79 Å². The van der Waals surface area contributed by atoms with Crippen molar-refractivity contribution in [1.82, 2.24) is 20.0 Å². The summed E-state index contributed by atoms with van der Waals surface area (Å²) in [5.41, 5.74) is 1.31. The van der Waals surface area contributed by atoms with E-state index in [1.54, 1.807) is 30.1 Å². The predicted octanol–water partition coefficient (Wildman–Crippen LogP) is 4.37. The summed E-state index contributed by atoms with van der Waals surface area (Å²) in [6, 6.07) is 7.23. The van der Waals surface area contributed by atoms with Crippen molar-refractivity contribution in [3.63, 3.8) is 0 Å². The molecule has 1 fully saturated rings. The van der Waals surface area contributed by atoms with Crippen LogP contribution in [-0.4, -0.2) is 40.7 Å². The van der Waals surface area contributed by atoms with E-state index in [1.165, 1.54) is 0 Å². The number of halogens is 3. The zero-order valence-corrected chi connectivity index (χ0v) is 17.1. The molecule has 0 bridgehead atoms. The van der Waals surface area contributed by atoms with E-state index in [9.17, 15) is 4.79 Å². The van der Waals surface area contributed by atoms with Crippen molar-refractivity contribution in [2.75, 3.05) is 20.1 Å². The van der Waals surface area contributed by atoms with Gasteiger partial charge in [0.05, 0.1) is 12.1 Å². The van der Waals surface area contributed by atoms with Gasteiger partial charge >= 0.3 is 0 Å². The summed E-state index contributed by atoms with van der Waals surface area (Å²) in [7, 11) is 1.76. The molecular formula is C18H23Cl3N4O. The highest BCUT2D eigenvalue weighted by Crippen LogP contribution is 2.29. The molecule has 1 aliphatic heterocycles. The van der Waals surface area contributed by atoms with Gasteiger partial charge in [-0.2, -0.15) is 5.10 Å². The Kier molecular flexibility index (Phi) is 7.35. The molecule has 142 valence electrons. The maximum atomic E-state index is 12.8. The van der Waals surface area contributed by atoms with Crippen LogP contribution < -0.4 is 5.32 Å². The minimum absolute atomic E-state index is 0. The molecule has 1 amide bonds. The van der Waals surface area contributed by atoms with E-state index in [0.29, 0.717) is 21.8 Å². The van der Waals surface area contributed by atoms with Gasteiger partial charge in [0.25, 0.3) is 5.91 Å². The third-order valence-electron chi connectivity index (χ3n) is 4.79. The summed E-state index contributed by atoms with van der Waals surface area (Å²) in [6.45, 7) is 3.88. The molecule has 1 aromatic carbocycles. The number of nitrogens with zero attached hydrogens (tertiary/aromatic N) is 3. The van der Waals surface area contributed by atoms with Crippen LogP contribution in [-0.2, 0) is 0 Å². The summed E-state index contributed by atoms with van der Waals surface area (Å²) in [4.78, 5) is 14.5. The van der Waals surface area contributed by atoms with Crippen LogP contribution in [0.3, 0.4) is 0 Å². The fourth-order valence-corrected chi connectivity index (χ4v) is 3.69. The fraction of sp³-hybridized carbons (Fsp3) is 0.444. The molecule has 2 heterocycles. The number of nitrogens with one attached hydrogen (secondary N) is 1. The fourth-order valence-electron chi connectivity index (χ4n) is 3.12. The minimum atomic E-state index is -0.182. The van der Waals surface area contributed by atoms with Crippen LogP contribution >= 0.6 is 35.6 Å². The highest BCUT2D eigenvalue weighted by atomic mass is 35.5. The molecule has 2 aromatic rings. The van der Waals surface area contributed by atoms with Gasteiger partial charge in [-0.15, -0.1) is 12.4 Å². The van der Waals surface area contributed by atoms with Crippen molar-refractivity contribution in [2.24, 2.45) is 0 Å². The Morgan fingerprint density at radius 1 is 1.38 bits per heavy atom. The number of carbonyl (C=O) groups excluding carboxylic acids is 1. The summed E-state index contributed by atoms with van der Waals surface area (Å²) in [5.74, 6) is -0.124. The Bertz CT molecular complexity index is 759. The number of hydrogen-bond acceptors (Lipinski definition) is 3. The van der Waals surface area contributed by atoms with Crippen LogP contribution in [0.15, 0.2) is 30.5 Å². The van der Waals surface area contributed by atoms with Crippen molar-refractivity contribution in [3.05, 3.63) is 51.8 Å². The standard InChI is InChI=1S/C18H22Cl2N4O.ClH/c1-12(15-6-5-13(19)10-16(15)20)23(2)18(25)17-7-9-24(22-17)14-4-3-8-21-11-14;/h5-7,9-10,12,14,21H,3-4,8,11H2,1-2H3;1H. The summed E-state index contributed by atoms with van der Waals surface area (Å²) in [6.07, 6.45) is 4.09. The molecule has 1 aliphatic rings. The van der Waals surface area contributed by atoms with Crippen LogP contribution in [0.25, 0.3) is 0 Å². The van der Waals surface area contributed by atoms with Gasteiger partial charge in [-0.1, -0.05) is 29.3 Å². The summed E-state index contributed by atoms with van der Waals surface area (Å²) < 4.78 is 1.90. The Labute approximate surface area is 170 Å². The molecule has 1 aromatic heterocycles. The van der Waals surface area contributed by atoms with Crippen LogP contribution in [0.2, 0.25) is 10.0 Å². The second-order valence-corrected chi connectivity index (χ2v) is 7.28. The molecule has 1 saturated heterocycles. The van der Waals surface area contributed by atoms with E-state index in [-0.39, 0.29) is 24.4 Å². The lowest BCUT2D eigenvalue weighted by Crippen LogP contribution is -2.33. The predicted molar refractivity (Wildman–Crippen MR) is 108 cm³/mol. The highest BCUT2D eigenvalue weighted by molar-refractivity contribution is 6.35. The Balaban J connectivity index is 0.00000243. The first-order valence-corrected chi connectivity index (χ1v) is 9.21. The molecule has 5 nitrogen and oxygen atoms in total. The number of carbonyl (C=O) groups is 1. The smallest absolute Gasteiger partial charge is 0.274 e. The lowest BCUT2D eigenvalue weighted by atomic mass is 10.1. The summed E-state index contributed by atoms with van der Waals surface area (Å²) in [5, 5.41) is 8.99. The lowest BCUT2D eigenvalue weighted by Gasteiger charge is -2.26. The van der Waals surface area contributed by atoms with Gasteiger partial charge in [0.2, 0.25) is 0 Å². The van der Waals surface area contributed by atoms with E-state index in [0.717, 1.165) is 31.5 Å². The van der Waals surface area contributed by atoms with Crippen molar-refractivity contribution >= 4 is 41.5 Å². The van der Waals surface area contributed by atoms with E-state index in [2.05, 4.69) is 10.4 Å². The zero-order chi connectivity index (χ0) is 18.0. The second-order valence-electron chi connectivity index (χ2n) is 6.44. The molecule has 0 saturated carbocycles. The van der Waals surface area contributed by atoms with Gasteiger partial charge in [-0.05, 0) is 50.1 Å². The molecule has 0 spiro atoms. The van der Waals surface area contributed by atoms with Gasteiger partial charge in [0.15, 0.2) is 0 Å². The number of piperidine rings is 1. The van der Waals surface area contributed by atoms with Crippen LogP contribution in [0.4, 0.5) is 0 Å². The zero-order valence-electron chi connectivity index (χ0n) is 14.8. The van der Waals surface area contributed by atoms with Crippen LogP contribution in [0.1, 0.15) is 47.9 Å². The Morgan fingerprint density at radius 2 is 2.15 bits per heavy atom. The minimum Gasteiger partial charge on any atom is -0.333 e. The molecule has 0 radical (unpaired) electrons. The first-order chi connectivity index (χ1) is 12.0. The highest BCUT2D eigenvalue weighted by Gasteiger charge is 2.24. The number of benzene rings is 1. The lowest BCUT2D eigenvalue weighted by molar-refractivity contribution is 0.0735. The normalized spacial score (nSPS) is 18.1. The van der Waals surface area contributed by atoms with E-state index in [4.69, 9.17) is 23.2 Å². The van der Waals surface area contributed by atoms with E-state index in [1.807, 2.05) is 23.9 Å². The third kappa shape index (κ3) is 4.52. The quantitative estimate of drug-likeness (QED) is 0.803. The first-order valence-electron chi connectivity index (χ1n) is 8.45. The van der Waals surface area contributed by atoms with Crippen molar-refractivity contribution in [3.8, 4) is 0 Å². The SMILES string of the molecule is CC(c1ccc(Cl)cc1Cl)N(C)C(=O)c1ccn(C2CCCNC2)n1.Cl. The van der Waals surface area contributed by atoms with E-state index < -0.39 is 0 Å². The second kappa shape index (κ2) is 9.09. The van der Waals surface area contributed by atoms with E-state index >= 15 is 0 Å². The molecular weight excluding hydrogens is 395 g/mol. The largest absolute Gasteiger partial charge is 0.333 e. The van der Waals surface area contributed by atoms with Crippen LogP contribution in [0.5, 0.6) is 0 Å². The average molecular weight is 418 g/mol. The molecule has 26 heavy (non-hydrogen) atoms. The molecule has 1 N–H and O–H groups in total. The maximum absolute atomic E-state index is 12.8. The van der Waals surface area contributed by atoms with Gasteiger partial charge in [-0.3, -0.25) is 9.48 Å². The third-order valence-corrected chi connectivity index (χ3v) is 5.35. The number of hydrogen-bond donors (Lipinski definition) is 1.